The minimum atomic E-state index is -4.75. The molecule has 1 aromatic rings. The van der Waals surface area contributed by atoms with Gasteiger partial charge < -0.3 is 9.84 Å². The number of rotatable bonds is 3. The van der Waals surface area contributed by atoms with Gasteiger partial charge in [0.1, 0.15) is 5.75 Å². The number of aliphatic hydroxyl groups is 1. The van der Waals surface area contributed by atoms with Gasteiger partial charge in [-0.3, -0.25) is 0 Å². The van der Waals surface area contributed by atoms with Crippen molar-refractivity contribution in [1.29, 1.82) is 0 Å². The SMILES string of the molecule is CC1SCCSC1C(O)c1ccccc1OC(F)(F)F. The average molecular weight is 324 g/mol. The fraction of sp³-hybridized carbons (Fsp3) is 0.538. The number of ether oxygens (including phenoxy) is 1. The van der Waals surface area contributed by atoms with Gasteiger partial charge in [-0.2, -0.15) is 23.5 Å². The molecular weight excluding hydrogens is 309 g/mol. The van der Waals surface area contributed by atoms with E-state index in [2.05, 4.69) is 4.74 Å². The first kappa shape index (κ1) is 15.9. The highest BCUT2D eigenvalue weighted by atomic mass is 32.2. The van der Waals surface area contributed by atoms with E-state index < -0.39 is 12.5 Å². The molecule has 7 heteroatoms. The van der Waals surface area contributed by atoms with Crippen LogP contribution in [0.25, 0.3) is 0 Å². The van der Waals surface area contributed by atoms with Gasteiger partial charge in [-0.05, 0) is 6.07 Å². The number of benzene rings is 1. The third-order valence-electron chi connectivity index (χ3n) is 3.01. The van der Waals surface area contributed by atoms with E-state index >= 15 is 0 Å². The van der Waals surface area contributed by atoms with Crippen LogP contribution in [-0.4, -0.2) is 33.5 Å². The molecule has 1 aliphatic heterocycles. The lowest BCUT2D eigenvalue weighted by molar-refractivity contribution is -0.275. The van der Waals surface area contributed by atoms with E-state index in [-0.39, 0.29) is 21.8 Å². The molecule has 3 unspecified atom stereocenters. The summed E-state index contributed by atoms with van der Waals surface area (Å²) in [5, 5.41) is 10.5. The Hall–Kier alpha value is -0.530. The number of hydrogen-bond acceptors (Lipinski definition) is 4. The minimum Gasteiger partial charge on any atom is -0.405 e. The summed E-state index contributed by atoms with van der Waals surface area (Å²) < 4.78 is 41.2. The van der Waals surface area contributed by atoms with Crippen LogP contribution in [0.5, 0.6) is 5.75 Å². The number of alkyl halides is 3. The summed E-state index contributed by atoms with van der Waals surface area (Å²) >= 11 is 3.32. The van der Waals surface area contributed by atoms with E-state index in [9.17, 15) is 18.3 Å². The molecule has 1 saturated heterocycles. The predicted octanol–water partition coefficient (Wildman–Crippen LogP) is 3.86. The highest BCUT2D eigenvalue weighted by Gasteiger charge is 2.35. The minimum absolute atomic E-state index is 0.133. The highest BCUT2D eigenvalue weighted by Crippen LogP contribution is 2.41. The van der Waals surface area contributed by atoms with Gasteiger partial charge >= 0.3 is 6.36 Å². The van der Waals surface area contributed by atoms with Gasteiger partial charge in [0.2, 0.25) is 0 Å². The molecule has 3 atom stereocenters. The van der Waals surface area contributed by atoms with Crippen LogP contribution in [-0.2, 0) is 0 Å². The number of para-hydroxylation sites is 1. The third-order valence-corrected chi connectivity index (χ3v) is 6.19. The Bertz CT molecular complexity index is 453. The van der Waals surface area contributed by atoms with Gasteiger partial charge in [-0.25, -0.2) is 0 Å². The normalized spacial score (nSPS) is 25.2. The van der Waals surface area contributed by atoms with Crippen molar-refractivity contribution in [3.05, 3.63) is 29.8 Å². The second-order valence-electron chi connectivity index (χ2n) is 4.44. The lowest BCUT2D eigenvalue weighted by Crippen LogP contribution is -2.30. The molecule has 20 heavy (non-hydrogen) atoms. The van der Waals surface area contributed by atoms with Crippen LogP contribution < -0.4 is 4.74 Å². The van der Waals surface area contributed by atoms with Gasteiger partial charge in [-0.1, -0.05) is 25.1 Å². The van der Waals surface area contributed by atoms with Gasteiger partial charge in [-0.15, -0.1) is 13.2 Å². The quantitative estimate of drug-likeness (QED) is 0.914. The Morgan fingerprint density at radius 2 is 1.90 bits per heavy atom. The van der Waals surface area contributed by atoms with Crippen molar-refractivity contribution < 1.29 is 23.0 Å². The van der Waals surface area contributed by atoms with Crippen molar-refractivity contribution in [1.82, 2.24) is 0 Å². The number of hydrogen-bond donors (Lipinski definition) is 1. The molecule has 1 aromatic carbocycles. The molecule has 1 fully saturated rings. The zero-order valence-corrected chi connectivity index (χ0v) is 12.4. The monoisotopic (exact) mass is 324 g/mol. The first-order valence-electron chi connectivity index (χ1n) is 6.14. The Morgan fingerprint density at radius 1 is 1.25 bits per heavy atom. The maximum Gasteiger partial charge on any atom is 0.573 e. The van der Waals surface area contributed by atoms with Crippen molar-refractivity contribution in [3.8, 4) is 5.75 Å². The molecule has 0 aromatic heterocycles. The molecule has 2 nitrogen and oxygen atoms in total. The summed E-state index contributed by atoms with van der Waals surface area (Å²) in [6.07, 6.45) is -5.73. The van der Waals surface area contributed by atoms with E-state index in [1.165, 1.54) is 18.2 Å². The van der Waals surface area contributed by atoms with Crippen molar-refractivity contribution >= 4 is 23.5 Å². The first-order valence-corrected chi connectivity index (χ1v) is 8.24. The topological polar surface area (TPSA) is 29.5 Å². The van der Waals surface area contributed by atoms with Crippen LogP contribution >= 0.6 is 23.5 Å². The smallest absolute Gasteiger partial charge is 0.405 e. The maximum absolute atomic E-state index is 12.4. The molecule has 0 amide bonds. The molecule has 0 bridgehead atoms. The zero-order chi connectivity index (χ0) is 14.8. The lowest BCUT2D eigenvalue weighted by atomic mass is 10.0. The molecule has 1 aliphatic rings. The van der Waals surface area contributed by atoms with Crippen molar-refractivity contribution in [2.24, 2.45) is 0 Å². The van der Waals surface area contributed by atoms with Crippen molar-refractivity contribution in [3.63, 3.8) is 0 Å². The van der Waals surface area contributed by atoms with Crippen LogP contribution in [0.1, 0.15) is 18.6 Å². The first-order chi connectivity index (χ1) is 9.38. The molecule has 1 heterocycles. The summed E-state index contributed by atoms with van der Waals surface area (Å²) in [4.78, 5) is 0. The lowest BCUT2D eigenvalue weighted by Gasteiger charge is -2.32. The Kier molecular flexibility index (Phi) is 5.14. The number of halogens is 3. The predicted molar refractivity (Wildman–Crippen MR) is 76.3 cm³/mol. The van der Waals surface area contributed by atoms with Crippen LogP contribution in [0.3, 0.4) is 0 Å². The summed E-state index contributed by atoms with van der Waals surface area (Å²) in [5.41, 5.74) is 0.191. The fourth-order valence-corrected chi connectivity index (χ4v) is 4.94. The largest absolute Gasteiger partial charge is 0.573 e. The van der Waals surface area contributed by atoms with Gasteiger partial charge in [0.15, 0.2) is 0 Å². The fourth-order valence-electron chi connectivity index (χ4n) is 2.12. The van der Waals surface area contributed by atoms with E-state index in [1.807, 2.05) is 6.92 Å². The van der Waals surface area contributed by atoms with E-state index in [1.54, 1.807) is 29.6 Å². The van der Waals surface area contributed by atoms with Gasteiger partial charge in [0.05, 0.1) is 6.10 Å². The van der Waals surface area contributed by atoms with Gasteiger partial charge in [0, 0.05) is 27.6 Å². The Morgan fingerprint density at radius 3 is 2.55 bits per heavy atom. The molecule has 0 radical (unpaired) electrons. The molecule has 0 saturated carbocycles. The maximum atomic E-state index is 12.4. The summed E-state index contributed by atoms with van der Waals surface area (Å²) in [6.45, 7) is 1.98. The molecule has 0 spiro atoms. The zero-order valence-electron chi connectivity index (χ0n) is 10.8. The standard InChI is InChI=1S/C13H15F3O2S2/c1-8-12(20-7-6-19-8)11(17)9-4-2-3-5-10(9)18-13(14,15)16/h2-5,8,11-12,17H,6-7H2,1H3. The molecule has 1 N–H and O–H groups in total. The summed E-state index contributed by atoms with van der Waals surface area (Å²) in [6, 6.07) is 5.78. The van der Waals surface area contributed by atoms with Crippen LogP contribution in [0.4, 0.5) is 13.2 Å². The molecule has 2 rings (SSSR count). The Labute approximate surface area is 124 Å². The molecule has 112 valence electrons. The summed E-state index contributed by atoms with van der Waals surface area (Å²) in [5.74, 6) is 1.56. The molecular formula is C13H15F3O2S2. The second kappa shape index (κ2) is 6.49. The molecule has 0 aliphatic carbocycles. The van der Waals surface area contributed by atoms with E-state index in [0.29, 0.717) is 0 Å². The second-order valence-corrected chi connectivity index (χ2v) is 7.21. The van der Waals surface area contributed by atoms with Crippen LogP contribution in [0.15, 0.2) is 24.3 Å². The van der Waals surface area contributed by atoms with Gasteiger partial charge in [0.25, 0.3) is 0 Å². The van der Waals surface area contributed by atoms with E-state index in [4.69, 9.17) is 0 Å². The number of aliphatic hydroxyl groups excluding tert-OH is 1. The van der Waals surface area contributed by atoms with Crippen LogP contribution in [0, 0.1) is 0 Å². The number of thioether (sulfide) groups is 2. The van der Waals surface area contributed by atoms with Crippen LogP contribution in [0.2, 0.25) is 0 Å². The summed E-state index contributed by atoms with van der Waals surface area (Å²) in [7, 11) is 0. The average Bonchev–Trinajstić information content (AvgIpc) is 2.37. The Balaban J connectivity index is 2.22. The highest BCUT2D eigenvalue weighted by molar-refractivity contribution is 8.07. The van der Waals surface area contributed by atoms with E-state index in [0.717, 1.165) is 11.5 Å². The van der Waals surface area contributed by atoms with Crippen molar-refractivity contribution in [2.75, 3.05) is 11.5 Å². The third kappa shape index (κ3) is 3.99. The van der Waals surface area contributed by atoms with Crippen molar-refractivity contribution in [2.45, 2.75) is 29.9 Å².